The number of carbonyl (C=O) groups is 1. The maximum absolute atomic E-state index is 10.7. The van der Waals surface area contributed by atoms with Crippen molar-refractivity contribution in [1.82, 2.24) is 4.98 Å². The lowest BCUT2D eigenvalue weighted by atomic mass is 10.2. The third-order valence-corrected chi connectivity index (χ3v) is 1.80. The van der Waals surface area contributed by atoms with Crippen molar-refractivity contribution in [3.63, 3.8) is 0 Å². The summed E-state index contributed by atoms with van der Waals surface area (Å²) in [5.74, 6) is -0.498. The quantitative estimate of drug-likeness (QED) is 0.827. The average molecular weight is 227 g/mol. The van der Waals surface area contributed by atoms with Crippen molar-refractivity contribution in [1.29, 1.82) is 0 Å². The number of aromatic carboxylic acids is 1. The van der Waals surface area contributed by atoms with Gasteiger partial charge in [-0.05, 0) is 19.1 Å². The predicted octanol–water partition coefficient (Wildman–Crippen LogP) is 2.25. The molecule has 4 nitrogen and oxygen atoms in total. The topological polar surface area (TPSA) is 62.2 Å². The number of nitrogens with zero attached hydrogens (tertiary/aromatic N) is 1. The van der Waals surface area contributed by atoms with Crippen LogP contribution in [0, 0.1) is 6.92 Å². The van der Waals surface area contributed by atoms with Gasteiger partial charge in [-0.3, -0.25) is 0 Å². The number of halogens is 1. The fraction of sp³-hybridized carbons (Fsp3) is 0.200. The SMILES string of the molecule is C=C(Cl)CNc1cc(C(=O)O)cc(C)n1. The van der Waals surface area contributed by atoms with E-state index in [1.807, 2.05) is 0 Å². The smallest absolute Gasteiger partial charge is 0.335 e. The first-order valence-electron chi connectivity index (χ1n) is 4.28. The normalized spacial score (nSPS) is 9.73. The lowest BCUT2D eigenvalue weighted by Crippen LogP contribution is -2.06. The van der Waals surface area contributed by atoms with Crippen molar-refractivity contribution in [2.24, 2.45) is 0 Å². The number of hydrogen-bond donors (Lipinski definition) is 2. The molecule has 0 aliphatic carbocycles. The standard InChI is InChI=1S/C10H11ClN2O2/c1-6(11)5-12-9-4-8(10(14)15)3-7(2)13-9/h3-4H,1,5H2,2H3,(H,12,13)(H,14,15). The summed E-state index contributed by atoms with van der Waals surface area (Å²) in [6, 6.07) is 2.96. The minimum Gasteiger partial charge on any atom is -0.478 e. The number of aromatic nitrogens is 1. The summed E-state index contributed by atoms with van der Waals surface area (Å²) in [5, 5.41) is 12.1. The molecule has 1 heterocycles. The lowest BCUT2D eigenvalue weighted by molar-refractivity contribution is 0.0696. The van der Waals surface area contributed by atoms with Crippen molar-refractivity contribution >= 4 is 23.4 Å². The van der Waals surface area contributed by atoms with Gasteiger partial charge in [0.1, 0.15) is 5.82 Å². The number of pyridine rings is 1. The van der Waals surface area contributed by atoms with Gasteiger partial charge in [0.25, 0.3) is 0 Å². The first kappa shape index (κ1) is 11.5. The van der Waals surface area contributed by atoms with Gasteiger partial charge < -0.3 is 10.4 Å². The van der Waals surface area contributed by atoms with Gasteiger partial charge in [0, 0.05) is 10.7 Å². The predicted molar refractivity (Wildman–Crippen MR) is 59.4 cm³/mol. The van der Waals surface area contributed by atoms with Gasteiger partial charge >= 0.3 is 5.97 Å². The molecule has 0 spiro atoms. The maximum Gasteiger partial charge on any atom is 0.335 e. The second kappa shape index (κ2) is 4.79. The minimum absolute atomic E-state index is 0.199. The van der Waals surface area contributed by atoms with E-state index in [9.17, 15) is 4.79 Å². The molecular formula is C10H11ClN2O2. The zero-order chi connectivity index (χ0) is 11.4. The number of carboxylic acids is 1. The van der Waals surface area contributed by atoms with Crippen LogP contribution in [0.4, 0.5) is 5.82 Å². The van der Waals surface area contributed by atoms with Crippen LogP contribution < -0.4 is 5.32 Å². The van der Waals surface area contributed by atoms with E-state index < -0.39 is 5.97 Å². The van der Waals surface area contributed by atoms with E-state index in [4.69, 9.17) is 16.7 Å². The molecule has 5 heteroatoms. The van der Waals surface area contributed by atoms with Crippen molar-refractivity contribution in [3.8, 4) is 0 Å². The Kier molecular flexibility index (Phi) is 3.68. The van der Waals surface area contributed by atoms with Crippen molar-refractivity contribution in [2.75, 3.05) is 11.9 Å². The number of aryl methyl sites for hydroxylation is 1. The molecule has 2 N–H and O–H groups in total. The van der Waals surface area contributed by atoms with E-state index in [1.54, 1.807) is 6.92 Å². The van der Waals surface area contributed by atoms with E-state index in [0.717, 1.165) is 0 Å². The van der Waals surface area contributed by atoms with Crippen LogP contribution >= 0.6 is 11.6 Å². The molecule has 0 fully saturated rings. The van der Waals surface area contributed by atoms with Gasteiger partial charge in [-0.2, -0.15) is 0 Å². The van der Waals surface area contributed by atoms with Gasteiger partial charge in [0.15, 0.2) is 0 Å². The van der Waals surface area contributed by atoms with Crippen LogP contribution in [-0.2, 0) is 0 Å². The fourth-order valence-electron chi connectivity index (χ4n) is 1.07. The zero-order valence-corrected chi connectivity index (χ0v) is 9.01. The minimum atomic E-state index is -0.978. The van der Waals surface area contributed by atoms with Crippen molar-refractivity contribution < 1.29 is 9.90 Å². The highest BCUT2D eigenvalue weighted by Crippen LogP contribution is 2.11. The summed E-state index contributed by atoms with van der Waals surface area (Å²) in [6.07, 6.45) is 0. The Balaban J connectivity index is 2.88. The highest BCUT2D eigenvalue weighted by atomic mass is 35.5. The van der Waals surface area contributed by atoms with Gasteiger partial charge in [0.2, 0.25) is 0 Å². The van der Waals surface area contributed by atoms with Crippen molar-refractivity contribution in [2.45, 2.75) is 6.92 Å². The zero-order valence-electron chi connectivity index (χ0n) is 8.25. The molecule has 0 saturated heterocycles. The molecule has 0 bridgehead atoms. The van der Waals surface area contributed by atoms with Gasteiger partial charge in [-0.1, -0.05) is 18.2 Å². The number of rotatable bonds is 4. The summed E-state index contributed by atoms with van der Waals surface area (Å²) < 4.78 is 0. The fourth-order valence-corrected chi connectivity index (χ4v) is 1.14. The van der Waals surface area contributed by atoms with Crippen LogP contribution in [0.5, 0.6) is 0 Å². The Morgan fingerprint density at radius 1 is 1.67 bits per heavy atom. The van der Waals surface area contributed by atoms with Gasteiger partial charge in [0.05, 0.1) is 12.1 Å². The molecule has 0 unspecified atom stereocenters. The summed E-state index contributed by atoms with van der Waals surface area (Å²) in [5.41, 5.74) is 0.836. The summed E-state index contributed by atoms with van der Waals surface area (Å²) in [7, 11) is 0. The Bertz CT molecular complexity index is 404. The van der Waals surface area contributed by atoms with Crippen LogP contribution in [0.2, 0.25) is 0 Å². The highest BCUT2D eigenvalue weighted by molar-refractivity contribution is 6.29. The van der Waals surface area contributed by atoms with Gasteiger partial charge in [-0.25, -0.2) is 9.78 Å². The monoisotopic (exact) mass is 226 g/mol. The Morgan fingerprint density at radius 2 is 2.33 bits per heavy atom. The second-order valence-electron chi connectivity index (χ2n) is 3.06. The molecule has 0 atom stereocenters. The maximum atomic E-state index is 10.7. The van der Waals surface area contributed by atoms with E-state index in [0.29, 0.717) is 23.1 Å². The summed E-state index contributed by atoms with van der Waals surface area (Å²) >= 11 is 5.57. The molecule has 1 aromatic rings. The molecule has 0 aliphatic heterocycles. The molecule has 0 aliphatic rings. The molecule has 1 aromatic heterocycles. The van der Waals surface area contributed by atoms with Crippen LogP contribution in [0.15, 0.2) is 23.7 Å². The number of anilines is 1. The molecule has 15 heavy (non-hydrogen) atoms. The van der Waals surface area contributed by atoms with Crippen molar-refractivity contribution in [3.05, 3.63) is 35.0 Å². The molecule has 1 rings (SSSR count). The van der Waals surface area contributed by atoms with Crippen LogP contribution in [0.3, 0.4) is 0 Å². The third kappa shape index (κ3) is 3.59. The van der Waals surface area contributed by atoms with Gasteiger partial charge in [-0.15, -0.1) is 0 Å². The first-order valence-corrected chi connectivity index (χ1v) is 4.66. The van der Waals surface area contributed by atoms with Crippen LogP contribution in [0.25, 0.3) is 0 Å². The highest BCUT2D eigenvalue weighted by Gasteiger charge is 2.06. The number of nitrogens with one attached hydrogen (secondary N) is 1. The Labute approximate surface area is 92.6 Å². The molecule has 0 aromatic carbocycles. The Hall–Kier alpha value is -1.55. The molecule has 0 amide bonds. The second-order valence-corrected chi connectivity index (χ2v) is 3.59. The molecule has 0 saturated carbocycles. The van der Waals surface area contributed by atoms with E-state index in [-0.39, 0.29) is 5.56 Å². The lowest BCUT2D eigenvalue weighted by Gasteiger charge is -2.06. The summed E-state index contributed by atoms with van der Waals surface area (Å²) in [4.78, 5) is 14.9. The average Bonchev–Trinajstić information content (AvgIpc) is 2.13. The van der Waals surface area contributed by atoms with E-state index in [2.05, 4.69) is 16.9 Å². The third-order valence-electron chi connectivity index (χ3n) is 1.66. The number of carboxylic acid groups (broad SMARTS) is 1. The summed E-state index contributed by atoms with van der Waals surface area (Å²) in [6.45, 7) is 5.60. The largest absolute Gasteiger partial charge is 0.478 e. The molecule has 0 radical (unpaired) electrons. The molecular weight excluding hydrogens is 216 g/mol. The Morgan fingerprint density at radius 3 is 2.87 bits per heavy atom. The van der Waals surface area contributed by atoms with Crippen LogP contribution in [0.1, 0.15) is 16.1 Å². The van der Waals surface area contributed by atoms with E-state index in [1.165, 1.54) is 12.1 Å². The number of hydrogen-bond acceptors (Lipinski definition) is 3. The molecule has 80 valence electrons. The first-order chi connectivity index (χ1) is 6.99. The van der Waals surface area contributed by atoms with Crippen LogP contribution in [-0.4, -0.2) is 22.6 Å². The van der Waals surface area contributed by atoms with E-state index >= 15 is 0 Å².